The van der Waals surface area contributed by atoms with Crippen LogP contribution in [0.3, 0.4) is 0 Å². The Bertz CT molecular complexity index is 1090. The summed E-state index contributed by atoms with van der Waals surface area (Å²) in [7, 11) is 0. The largest absolute Gasteiger partial charge is 0.482 e. The maximum Gasteiger partial charge on any atom is 0.336 e. The molecule has 0 saturated heterocycles. The number of amides is 1. The molecule has 0 fully saturated rings. The van der Waals surface area contributed by atoms with Gasteiger partial charge in [0.2, 0.25) is 0 Å². The van der Waals surface area contributed by atoms with E-state index in [0.717, 1.165) is 0 Å². The third kappa shape index (κ3) is 4.24. The van der Waals surface area contributed by atoms with E-state index in [1.807, 2.05) is 0 Å². The van der Waals surface area contributed by atoms with Crippen LogP contribution >= 0.6 is 11.6 Å². The number of aryl methyl sites for hydroxylation is 1. The van der Waals surface area contributed by atoms with Gasteiger partial charge in [-0.3, -0.25) is 14.9 Å². The third-order valence-electron chi connectivity index (χ3n) is 3.72. The smallest absolute Gasteiger partial charge is 0.336 e. The maximum absolute atomic E-state index is 12.0. The van der Waals surface area contributed by atoms with Gasteiger partial charge in [-0.25, -0.2) is 4.79 Å². The van der Waals surface area contributed by atoms with Crippen LogP contribution in [0.5, 0.6) is 5.75 Å². The molecule has 1 N–H and O–H groups in total. The molecule has 8 nitrogen and oxygen atoms in total. The molecule has 0 saturated carbocycles. The fourth-order valence-electron chi connectivity index (χ4n) is 2.44. The molecule has 0 radical (unpaired) electrons. The van der Waals surface area contributed by atoms with Gasteiger partial charge in [-0.1, -0.05) is 11.6 Å². The SMILES string of the molecule is Cc1cc(=O)oc2cc(OCC(=O)Nc3ccc([N+](=O)[O-])cc3)c(Cl)cc12. The van der Waals surface area contributed by atoms with Gasteiger partial charge >= 0.3 is 5.63 Å². The molecule has 2 aromatic carbocycles. The summed E-state index contributed by atoms with van der Waals surface area (Å²) in [5.41, 5.74) is 0.828. The monoisotopic (exact) mass is 388 g/mol. The minimum Gasteiger partial charge on any atom is -0.482 e. The zero-order valence-corrected chi connectivity index (χ0v) is 14.8. The quantitative estimate of drug-likeness (QED) is 0.405. The highest BCUT2D eigenvalue weighted by molar-refractivity contribution is 6.32. The Labute approximate surface area is 157 Å². The van der Waals surface area contributed by atoms with Gasteiger partial charge in [0.25, 0.3) is 11.6 Å². The van der Waals surface area contributed by atoms with E-state index in [-0.39, 0.29) is 23.1 Å². The van der Waals surface area contributed by atoms with Gasteiger partial charge in [-0.2, -0.15) is 0 Å². The van der Waals surface area contributed by atoms with Crippen LogP contribution in [0.15, 0.2) is 51.7 Å². The zero-order valence-electron chi connectivity index (χ0n) is 14.0. The number of fused-ring (bicyclic) bond motifs is 1. The first-order chi connectivity index (χ1) is 12.8. The first-order valence-corrected chi connectivity index (χ1v) is 8.12. The fraction of sp³-hybridized carbons (Fsp3) is 0.111. The van der Waals surface area contributed by atoms with Crippen LogP contribution in [-0.4, -0.2) is 17.4 Å². The van der Waals surface area contributed by atoms with Gasteiger partial charge in [0.1, 0.15) is 11.3 Å². The van der Waals surface area contributed by atoms with Crippen LogP contribution in [0.25, 0.3) is 11.0 Å². The summed E-state index contributed by atoms with van der Waals surface area (Å²) in [5.74, 6) is -0.289. The molecule has 0 unspecified atom stereocenters. The molecule has 0 atom stereocenters. The number of nitrogens with one attached hydrogen (secondary N) is 1. The number of non-ortho nitro benzene ring substituents is 1. The van der Waals surface area contributed by atoms with Crippen molar-refractivity contribution in [3.63, 3.8) is 0 Å². The van der Waals surface area contributed by atoms with Gasteiger partial charge in [-0.15, -0.1) is 0 Å². The summed E-state index contributed by atoms with van der Waals surface area (Å²) in [6, 6.07) is 9.79. The van der Waals surface area contributed by atoms with E-state index in [4.69, 9.17) is 20.8 Å². The summed E-state index contributed by atoms with van der Waals surface area (Å²) in [6.07, 6.45) is 0. The summed E-state index contributed by atoms with van der Waals surface area (Å²) < 4.78 is 10.5. The van der Waals surface area contributed by atoms with Crippen molar-refractivity contribution < 1.29 is 18.9 Å². The van der Waals surface area contributed by atoms with E-state index in [1.165, 1.54) is 36.4 Å². The second-order valence-electron chi connectivity index (χ2n) is 5.67. The lowest BCUT2D eigenvalue weighted by molar-refractivity contribution is -0.384. The van der Waals surface area contributed by atoms with Gasteiger partial charge in [0, 0.05) is 35.3 Å². The van der Waals surface area contributed by atoms with E-state index >= 15 is 0 Å². The lowest BCUT2D eigenvalue weighted by atomic mass is 10.1. The molecular formula is C18H13ClN2O6. The lowest BCUT2D eigenvalue weighted by Crippen LogP contribution is -2.20. The average Bonchev–Trinajstić information content (AvgIpc) is 2.61. The molecule has 1 aromatic heterocycles. The van der Waals surface area contributed by atoms with Gasteiger partial charge < -0.3 is 14.5 Å². The molecular weight excluding hydrogens is 376 g/mol. The Morgan fingerprint density at radius 3 is 2.63 bits per heavy atom. The number of hydrogen-bond donors (Lipinski definition) is 1. The Morgan fingerprint density at radius 1 is 1.26 bits per heavy atom. The topological polar surface area (TPSA) is 112 Å². The maximum atomic E-state index is 12.0. The average molecular weight is 389 g/mol. The second kappa shape index (κ2) is 7.46. The molecule has 0 aliphatic rings. The van der Waals surface area contributed by atoms with Crippen molar-refractivity contribution in [3.05, 3.63) is 73.6 Å². The predicted molar refractivity (Wildman–Crippen MR) is 99.5 cm³/mol. The molecule has 1 amide bonds. The number of carbonyl (C=O) groups is 1. The third-order valence-corrected chi connectivity index (χ3v) is 4.02. The van der Waals surface area contributed by atoms with Crippen molar-refractivity contribution >= 4 is 39.9 Å². The van der Waals surface area contributed by atoms with Crippen LogP contribution in [0.4, 0.5) is 11.4 Å². The van der Waals surface area contributed by atoms with Crippen LogP contribution in [0, 0.1) is 17.0 Å². The first-order valence-electron chi connectivity index (χ1n) is 7.74. The first kappa shape index (κ1) is 18.4. The van der Waals surface area contributed by atoms with Gasteiger partial charge in [0.05, 0.1) is 9.95 Å². The minimum atomic E-state index is -0.531. The zero-order chi connectivity index (χ0) is 19.6. The lowest BCUT2D eigenvalue weighted by Gasteiger charge is -2.10. The van der Waals surface area contributed by atoms with E-state index in [9.17, 15) is 19.7 Å². The van der Waals surface area contributed by atoms with Gasteiger partial charge in [0.15, 0.2) is 6.61 Å². The van der Waals surface area contributed by atoms with Crippen LogP contribution in [0.2, 0.25) is 5.02 Å². The highest BCUT2D eigenvalue weighted by Gasteiger charge is 2.12. The van der Waals surface area contributed by atoms with E-state index in [1.54, 1.807) is 13.0 Å². The molecule has 138 valence electrons. The highest BCUT2D eigenvalue weighted by Crippen LogP contribution is 2.31. The Kier molecular flexibility index (Phi) is 5.09. The summed E-state index contributed by atoms with van der Waals surface area (Å²) in [5, 5.41) is 14.1. The fourth-order valence-corrected chi connectivity index (χ4v) is 2.66. The van der Waals surface area contributed by atoms with Crippen LogP contribution in [0.1, 0.15) is 5.56 Å². The normalized spacial score (nSPS) is 10.6. The van der Waals surface area contributed by atoms with E-state index in [0.29, 0.717) is 22.2 Å². The number of carbonyl (C=O) groups excluding carboxylic acids is 1. The number of nitro groups is 1. The molecule has 3 aromatic rings. The number of halogens is 1. The highest BCUT2D eigenvalue weighted by atomic mass is 35.5. The number of rotatable bonds is 5. The number of ether oxygens (including phenoxy) is 1. The summed E-state index contributed by atoms with van der Waals surface area (Å²) in [6.45, 7) is 1.41. The Morgan fingerprint density at radius 2 is 1.96 bits per heavy atom. The number of anilines is 1. The molecule has 0 bridgehead atoms. The Hall–Kier alpha value is -3.39. The molecule has 0 aliphatic carbocycles. The Balaban J connectivity index is 1.70. The number of benzene rings is 2. The van der Waals surface area contributed by atoms with Crippen molar-refractivity contribution in [2.45, 2.75) is 6.92 Å². The van der Waals surface area contributed by atoms with Crippen LogP contribution < -0.4 is 15.7 Å². The van der Waals surface area contributed by atoms with Crippen molar-refractivity contribution in [3.8, 4) is 5.75 Å². The standard InChI is InChI=1S/C18H13ClN2O6/c1-10-6-18(23)27-15-8-16(14(19)7-13(10)15)26-9-17(22)20-11-2-4-12(5-3-11)21(24)25/h2-8H,9H2,1H3,(H,20,22). The van der Waals surface area contributed by atoms with Crippen molar-refractivity contribution in [1.29, 1.82) is 0 Å². The molecule has 9 heteroatoms. The minimum absolute atomic E-state index is 0.0796. The molecule has 0 spiro atoms. The number of nitro benzene ring substituents is 1. The van der Waals surface area contributed by atoms with Crippen LogP contribution in [-0.2, 0) is 4.79 Å². The van der Waals surface area contributed by atoms with Crippen molar-refractivity contribution in [2.75, 3.05) is 11.9 Å². The molecule has 3 rings (SSSR count). The second-order valence-corrected chi connectivity index (χ2v) is 6.08. The number of nitrogens with zero attached hydrogens (tertiary/aromatic N) is 1. The molecule has 0 aliphatic heterocycles. The van der Waals surface area contributed by atoms with Gasteiger partial charge in [-0.05, 0) is 30.7 Å². The summed E-state index contributed by atoms with van der Waals surface area (Å²) >= 11 is 6.17. The van der Waals surface area contributed by atoms with Crippen molar-refractivity contribution in [1.82, 2.24) is 0 Å². The van der Waals surface area contributed by atoms with Crippen molar-refractivity contribution in [2.24, 2.45) is 0 Å². The van der Waals surface area contributed by atoms with E-state index in [2.05, 4.69) is 5.32 Å². The van der Waals surface area contributed by atoms with E-state index < -0.39 is 16.5 Å². The number of hydrogen-bond acceptors (Lipinski definition) is 6. The summed E-state index contributed by atoms with van der Waals surface area (Å²) in [4.78, 5) is 33.6. The molecule has 27 heavy (non-hydrogen) atoms. The molecule has 1 heterocycles. The predicted octanol–water partition coefficient (Wildman–Crippen LogP) is 3.68.